The van der Waals surface area contributed by atoms with Crippen molar-refractivity contribution in [2.75, 3.05) is 6.61 Å². The normalized spacial score (nSPS) is 17.6. The van der Waals surface area contributed by atoms with E-state index in [2.05, 4.69) is 31.2 Å². The van der Waals surface area contributed by atoms with Gasteiger partial charge in [0, 0.05) is 6.42 Å². The zero-order valence-corrected chi connectivity index (χ0v) is 12.4. The SMILES string of the molecule is CCCCCCCCCc1ccccc1CC1CO1. The molecule has 1 saturated heterocycles. The molecular formula is C18H28O. The molecule has 1 nitrogen and oxygen atoms in total. The average Bonchev–Trinajstić information content (AvgIpc) is 3.23. The van der Waals surface area contributed by atoms with Gasteiger partial charge in [-0.25, -0.2) is 0 Å². The molecule has 1 fully saturated rings. The summed E-state index contributed by atoms with van der Waals surface area (Å²) in [7, 11) is 0. The number of hydrogen-bond acceptors (Lipinski definition) is 1. The predicted octanol–water partition coefficient (Wildman–Crippen LogP) is 4.92. The summed E-state index contributed by atoms with van der Waals surface area (Å²) in [5, 5.41) is 0. The first-order valence-corrected chi connectivity index (χ1v) is 8.08. The third kappa shape index (κ3) is 5.78. The second kappa shape index (κ2) is 8.37. The summed E-state index contributed by atoms with van der Waals surface area (Å²) in [5.74, 6) is 0. The van der Waals surface area contributed by atoms with Gasteiger partial charge in [-0.05, 0) is 24.0 Å². The van der Waals surface area contributed by atoms with Gasteiger partial charge >= 0.3 is 0 Å². The molecular weight excluding hydrogens is 232 g/mol. The van der Waals surface area contributed by atoms with Gasteiger partial charge in [0.25, 0.3) is 0 Å². The first kappa shape index (κ1) is 14.6. The topological polar surface area (TPSA) is 12.5 Å². The van der Waals surface area contributed by atoms with Gasteiger partial charge in [-0.3, -0.25) is 0 Å². The Hall–Kier alpha value is -0.820. The van der Waals surface area contributed by atoms with E-state index in [-0.39, 0.29) is 0 Å². The molecule has 0 radical (unpaired) electrons. The highest BCUT2D eigenvalue weighted by molar-refractivity contribution is 5.28. The maximum Gasteiger partial charge on any atom is 0.0850 e. The smallest absolute Gasteiger partial charge is 0.0850 e. The monoisotopic (exact) mass is 260 g/mol. The standard InChI is InChI=1S/C18H28O/c1-2-3-4-5-6-7-8-11-16-12-9-10-13-17(16)14-18-15-19-18/h9-10,12-13,18H,2-8,11,14-15H2,1H3. The van der Waals surface area contributed by atoms with Crippen molar-refractivity contribution in [3.63, 3.8) is 0 Å². The fourth-order valence-corrected chi connectivity index (χ4v) is 2.70. The Kier molecular flexibility index (Phi) is 6.43. The Morgan fingerprint density at radius 3 is 2.26 bits per heavy atom. The van der Waals surface area contributed by atoms with Crippen molar-refractivity contribution in [1.29, 1.82) is 0 Å². The minimum Gasteiger partial charge on any atom is -0.373 e. The molecule has 0 aliphatic carbocycles. The number of hydrogen-bond donors (Lipinski definition) is 0. The summed E-state index contributed by atoms with van der Waals surface area (Å²) in [6.45, 7) is 3.24. The number of rotatable bonds is 10. The molecule has 1 heterocycles. The lowest BCUT2D eigenvalue weighted by Crippen LogP contribution is -1.99. The van der Waals surface area contributed by atoms with Crippen LogP contribution in [0.3, 0.4) is 0 Å². The third-order valence-corrected chi connectivity index (χ3v) is 4.02. The maximum atomic E-state index is 5.35. The second-order valence-electron chi connectivity index (χ2n) is 5.80. The third-order valence-electron chi connectivity index (χ3n) is 4.02. The Balaban J connectivity index is 1.64. The number of aryl methyl sites for hydroxylation is 1. The molecule has 0 aromatic heterocycles. The predicted molar refractivity (Wildman–Crippen MR) is 81.6 cm³/mol. The molecule has 1 aliphatic rings. The van der Waals surface area contributed by atoms with Crippen molar-refractivity contribution in [2.45, 2.75) is 70.8 Å². The molecule has 1 aromatic rings. The van der Waals surface area contributed by atoms with E-state index in [1.165, 1.54) is 56.9 Å². The quantitative estimate of drug-likeness (QED) is 0.429. The first-order valence-electron chi connectivity index (χ1n) is 8.08. The molecule has 1 atom stereocenters. The van der Waals surface area contributed by atoms with Crippen LogP contribution in [-0.4, -0.2) is 12.7 Å². The largest absolute Gasteiger partial charge is 0.373 e. The summed E-state index contributed by atoms with van der Waals surface area (Å²) in [6.07, 6.45) is 12.6. The van der Waals surface area contributed by atoms with E-state index in [0.29, 0.717) is 6.10 Å². The highest BCUT2D eigenvalue weighted by Gasteiger charge is 2.23. The van der Waals surface area contributed by atoms with E-state index in [4.69, 9.17) is 4.74 Å². The molecule has 1 heteroatoms. The van der Waals surface area contributed by atoms with Crippen LogP contribution in [0, 0.1) is 0 Å². The van der Waals surface area contributed by atoms with Crippen LogP contribution < -0.4 is 0 Å². The van der Waals surface area contributed by atoms with Gasteiger partial charge < -0.3 is 4.74 Å². The molecule has 1 aliphatic heterocycles. The van der Waals surface area contributed by atoms with Gasteiger partial charge in [-0.2, -0.15) is 0 Å². The van der Waals surface area contributed by atoms with Gasteiger partial charge in [0.15, 0.2) is 0 Å². The lowest BCUT2D eigenvalue weighted by molar-refractivity contribution is 0.407. The summed E-state index contributed by atoms with van der Waals surface area (Å²) < 4.78 is 5.35. The van der Waals surface area contributed by atoms with Crippen LogP contribution in [0.15, 0.2) is 24.3 Å². The lowest BCUT2D eigenvalue weighted by Gasteiger charge is -2.08. The Morgan fingerprint density at radius 1 is 0.947 bits per heavy atom. The van der Waals surface area contributed by atoms with Gasteiger partial charge in [0.1, 0.15) is 0 Å². The van der Waals surface area contributed by atoms with Crippen molar-refractivity contribution < 1.29 is 4.74 Å². The Morgan fingerprint density at radius 2 is 1.58 bits per heavy atom. The Bertz CT molecular complexity index is 354. The molecule has 106 valence electrons. The van der Waals surface area contributed by atoms with Crippen LogP contribution in [0.2, 0.25) is 0 Å². The van der Waals surface area contributed by atoms with Crippen molar-refractivity contribution in [3.8, 4) is 0 Å². The van der Waals surface area contributed by atoms with Crippen LogP contribution in [0.4, 0.5) is 0 Å². The number of epoxide rings is 1. The fraction of sp³-hybridized carbons (Fsp3) is 0.667. The number of ether oxygens (including phenoxy) is 1. The van der Waals surface area contributed by atoms with E-state index in [1.54, 1.807) is 5.56 Å². The molecule has 0 saturated carbocycles. The van der Waals surface area contributed by atoms with Gasteiger partial charge in [-0.1, -0.05) is 69.7 Å². The second-order valence-corrected chi connectivity index (χ2v) is 5.80. The molecule has 0 amide bonds. The van der Waals surface area contributed by atoms with Crippen LogP contribution >= 0.6 is 0 Å². The highest BCUT2D eigenvalue weighted by atomic mass is 16.6. The van der Waals surface area contributed by atoms with Gasteiger partial charge in [0.2, 0.25) is 0 Å². The number of benzene rings is 1. The van der Waals surface area contributed by atoms with Crippen LogP contribution in [0.1, 0.15) is 63.0 Å². The first-order chi connectivity index (χ1) is 9.40. The lowest BCUT2D eigenvalue weighted by atomic mass is 9.97. The molecule has 19 heavy (non-hydrogen) atoms. The maximum absolute atomic E-state index is 5.35. The Labute approximate surface area is 118 Å². The van der Waals surface area contributed by atoms with Crippen LogP contribution in [-0.2, 0) is 17.6 Å². The fourth-order valence-electron chi connectivity index (χ4n) is 2.70. The summed E-state index contributed by atoms with van der Waals surface area (Å²) in [5.41, 5.74) is 3.06. The van der Waals surface area contributed by atoms with Crippen molar-refractivity contribution in [2.24, 2.45) is 0 Å². The van der Waals surface area contributed by atoms with E-state index < -0.39 is 0 Å². The molecule has 1 unspecified atom stereocenters. The van der Waals surface area contributed by atoms with Crippen LogP contribution in [0.5, 0.6) is 0 Å². The van der Waals surface area contributed by atoms with Crippen molar-refractivity contribution in [1.82, 2.24) is 0 Å². The van der Waals surface area contributed by atoms with Gasteiger partial charge in [-0.15, -0.1) is 0 Å². The van der Waals surface area contributed by atoms with Crippen molar-refractivity contribution >= 4 is 0 Å². The van der Waals surface area contributed by atoms with E-state index in [9.17, 15) is 0 Å². The average molecular weight is 260 g/mol. The molecule has 0 N–H and O–H groups in total. The zero-order chi connectivity index (χ0) is 13.3. The summed E-state index contributed by atoms with van der Waals surface area (Å²) >= 11 is 0. The van der Waals surface area contributed by atoms with Gasteiger partial charge in [0.05, 0.1) is 12.7 Å². The molecule has 2 rings (SSSR count). The van der Waals surface area contributed by atoms with Crippen LogP contribution in [0.25, 0.3) is 0 Å². The zero-order valence-electron chi connectivity index (χ0n) is 12.4. The number of unbranched alkanes of at least 4 members (excludes halogenated alkanes) is 6. The summed E-state index contributed by atoms with van der Waals surface area (Å²) in [4.78, 5) is 0. The minimum absolute atomic E-state index is 0.509. The van der Waals surface area contributed by atoms with E-state index >= 15 is 0 Å². The van der Waals surface area contributed by atoms with E-state index in [1.807, 2.05) is 0 Å². The van der Waals surface area contributed by atoms with Crippen molar-refractivity contribution in [3.05, 3.63) is 35.4 Å². The molecule has 0 spiro atoms. The minimum atomic E-state index is 0.509. The summed E-state index contributed by atoms with van der Waals surface area (Å²) in [6, 6.07) is 8.91. The van der Waals surface area contributed by atoms with E-state index in [0.717, 1.165) is 13.0 Å². The molecule has 1 aromatic carbocycles. The molecule has 0 bridgehead atoms. The highest BCUT2D eigenvalue weighted by Crippen LogP contribution is 2.20.